The van der Waals surface area contributed by atoms with Gasteiger partial charge in [-0.1, -0.05) is 36.4 Å². The van der Waals surface area contributed by atoms with Gasteiger partial charge >= 0.3 is 0 Å². The van der Waals surface area contributed by atoms with E-state index in [-0.39, 0.29) is 0 Å². The van der Waals surface area contributed by atoms with Crippen molar-refractivity contribution in [2.75, 3.05) is 13.1 Å². The van der Waals surface area contributed by atoms with Gasteiger partial charge in [-0.05, 0) is 43.1 Å². The summed E-state index contributed by atoms with van der Waals surface area (Å²) in [7, 11) is 0. The van der Waals surface area contributed by atoms with Gasteiger partial charge in [0, 0.05) is 36.1 Å². The Bertz CT molecular complexity index is 759. The van der Waals surface area contributed by atoms with E-state index in [4.69, 9.17) is 0 Å². The van der Waals surface area contributed by atoms with E-state index in [9.17, 15) is 0 Å². The molecule has 0 bridgehead atoms. The predicted molar refractivity (Wildman–Crippen MR) is 95.5 cm³/mol. The second-order valence-electron chi connectivity index (χ2n) is 6.48. The maximum absolute atomic E-state index is 4.31. The van der Waals surface area contributed by atoms with Crippen molar-refractivity contribution in [2.24, 2.45) is 0 Å². The maximum Gasteiger partial charge on any atom is 0.0568 e. The molecule has 1 N–H and O–H groups in total. The molecule has 1 aliphatic rings. The largest absolute Gasteiger partial charge is 0.299 e. The summed E-state index contributed by atoms with van der Waals surface area (Å²) in [6.45, 7) is 3.23. The lowest BCUT2D eigenvalue weighted by Crippen LogP contribution is -2.32. The average Bonchev–Trinajstić information content (AvgIpc) is 3.14. The Hall–Kier alpha value is -2.46. The zero-order chi connectivity index (χ0) is 16.2. The van der Waals surface area contributed by atoms with Crippen LogP contribution in [-0.4, -0.2) is 33.2 Å². The number of pyridine rings is 1. The lowest BCUT2D eigenvalue weighted by Gasteiger charge is -2.31. The van der Waals surface area contributed by atoms with Gasteiger partial charge in [-0.3, -0.25) is 15.0 Å². The molecule has 0 saturated carbocycles. The Morgan fingerprint density at radius 2 is 1.83 bits per heavy atom. The SMILES string of the molecule is c1ccc(-c2cn[nH]c2C2CCN(Cc3cccnc3)CC2)cc1. The van der Waals surface area contributed by atoms with Crippen LogP contribution in [0.3, 0.4) is 0 Å². The Labute approximate surface area is 142 Å². The number of H-pyrrole nitrogens is 1. The van der Waals surface area contributed by atoms with E-state index in [2.05, 4.69) is 56.5 Å². The molecule has 0 spiro atoms. The summed E-state index contributed by atoms with van der Waals surface area (Å²) < 4.78 is 0. The van der Waals surface area contributed by atoms with Crippen LogP contribution in [0.4, 0.5) is 0 Å². The normalized spacial score (nSPS) is 16.3. The molecule has 4 nitrogen and oxygen atoms in total. The molecule has 0 radical (unpaired) electrons. The molecular formula is C20H22N4. The summed E-state index contributed by atoms with van der Waals surface area (Å²) in [5, 5.41) is 7.57. The highest BCUT2D eigenvalue weighted by molar-refractivity contribution is 5.65. The number of aromatic amines is 1. The van der Waals surface area contributed by atoms with Crippen molar-refractivity contribution in [1.29, 1.82) is 0 Å². The number of hydrogen-bond donors (Lipinski definition) is 1. The summed E-state index contributed by atoms with van der Waals surface area (Å²) in [5.74, 6) is 0.563. The van der Waals surface area contributed by atoms with E-state index < -0.39 is 0 Å². The Morgan fingerprint density at radius 3 is 2.58 bits per heavy atom. The van der Waals surface area contributed by atoms with Crippen LogP contribution in [0.2, 0.25) is 0 Å². The Kier molecular flexibility index (Phi) is 4.38. The highest BCUT2D eigenvalue weighted by Crippen LogP contribution is 2.33. The molecule has 2 aromatic heterocycles. The van der Waals surface area contributed by atoms with Crippen molar-refractivity contribution < 1.29 is 0 Å². The number of hydrogen-bond acceptors (Lipinski definition) is 3. The zero-order valence-electron chi connectivity index (χ0n) is 13.7. The quantitative estimate of drug-likeness (QED) is 0.794. The Balaban J connectivity index is 1.43. The first-order chi connectivity index (χ1) is 11.9. The molecule has 0 aliphatic carbocycles. The van der Waals surface area contributed by atoms with Crippen molar-refractivity contribution in [1.82, 2.24) is 20.1 Å². The van der Waals surface area contributed by atoms with Crippen LogP contribution in [0, 0.1) is 0 Å². The van der Waals surface area contributed by atoms with Crippen molar-refractivity contribution >= 4 is 0 Å². The molecule has 1 saturated heterocycles. The van der Waals surface area contributed by atoms with E-state index in [1.165, 1.54) is 35.2 Å². The van der Waals surface area contributed by atoms with Gasteiger partial charge in [0.1, 0.15) is 0 Å². The predicted octanol–water partition coefficient (Wildman–Crippen LogP) is 3.85. The summed E-state index contributed by atoms with van der Waals surface area (Å²) in [6, 6.07) is 14.7. The Morgan fingerprint density at radius 1 is 1.00 bits per heavy atom. The lowest BCUT2D eigenvalue weighted by molar-refractivity contribution is 0.203. The summed E-state index contributed by atoms with van der Waals surface area (Å²) in [6.07, 6.45) is 8.10. The van der Waals surface area contributed by atoms with E-state index in [0.29, 0.717) is 5.92 Å². The first kappa shape index (κ1) is 15.1. The van der Waals surface area contributed by atoms with Gasteiger partial charge in [0.15, 0.2) is 0 Å². The third kappa shape index (κ3) is 3.24. The number of nitrogens with zero attached hydrogens (tertiary/aromatic N) is 3. The number of aromatic nitrogens is 3. The van der Waals surface area contributed by atoms with Crippen molar-refractivity contribution in [2.45, 2.75) is 25.3 Å². The molecule has 122 valence electrons. The molecule has 1 aliphatic heterocycles. The van der Waals surface area contributed by atoms with Crippen LogP contribution in [0.5, 0.6) is 0 Å². The van der Waals surface area contributed by atoms with Gasteiger partial charge in [-0.15, -0.1) is 0 Å². The highest BCUT2D eigenvalue weighted by Gasteiger charge is 2.24. The molecule has 1 fully saturated rings. The minimum Gasteiger partial charge on any atom is -0.299 e. The number of nitrogens with one attached hydrogen (secondary N) is 1. The number of piperidine rings is 1. The van der Waals surface area contributed by atoms with E-state index >= 15 is 0 Å². The maximum atomic E-state index is 4.31. The second-order valence-corrected chi connectivity index (χ2v) is 6.48. The molecule has 4 rings (SSSR count). The van der Waals surface area contributed by atoms with Gasteiger partial charge in [-0.2, -0.15) is 5.10 Å². The number of likely N-dealkylation sites (tertiary alicyclic amines) is 1. The second kappa shape index (κ2) is 6.97. The van der Waals surface area contributed by atoms with Crippen LogP contribution >= 0.6 is 0 Å². The van der Waals surface area contributed by atoms with Crippen LogP contribution in [0.1, 0.15) is 30.0 Å². The molecule has 24 heavy (non-hydrogen) atoms. The van der Waals surface area contributed by atoms with Crippen LogP contribution in [0.15, 0.2) is 61.1 Å². The number of rotatable bonds is 4. The topological polar surface area (TPSA) is 44.8 Å². The fourth-order valence-corrected chi connectivity index (χ4v) is 3.58. The molecule has 3 aromatic rings. The standard InChI is InChI=1S/C20H22N4/c1-2-6-17(7-3-1)19-14-22-23-20(19)18-8-11-24(12-9-18)15-16-5-4-10-21-13-16/h1-7,10,13-14,18H,8-9,11-12,15H2,(H,22,23). The monoisotopic (exact) mass is 318 g/mol. The molecule has 0 unspecified atom stereocenters. The summed E-state index contributed by atoms with van der Waals surface area (Å²) >= 11 is 0. The molecule has 4 heteroatoms. The molecule has 0 amide bonds. The third-order valence-corrected chi connectivity index (χ3v) is 4.88. The van der Waals surface area contributed by atoms with Gasteiger partial charge in [-0.25, -0.2) is 0 Å². The smallest absolute Gasteiger partial charge is 0.0568 e. The highest BCUT2D eigenvalue weighted by atomic mass is 15.1. The van der Waals surface area contributed by atoms with Crippen LogP contribution in [0.25, 0.3) is 11.1 Å². The summed E-state index contributed by atoms with van der Waals surface area (Å²) in [5.41, 5.74) is 5.09. The molecule has 3 heterocycles. The average molecular weight is 318 g/mol. The first-order valence-corrected chi connectivity index (χ1v) is 8.60. The van der Waals surface area contributed by atoms with Crippen molar-refractivity contribution in [3.8, 4) is 11.1 Å². The van der Waals surface area contributed by atoms with Gasteiger partial charge < -0.3 is 0 Å². The molecule has 0 atom stereocenters. The van der Waals surface area contributed by atoms with Gasteiger partial charge in [0.25, 0.3) is 0 Å². The first-order valence-electron chi connectivity index (χ1n) is 8.60. The number of benzene rings is 1. The fourth-order valence-electron chi connectivity index (χ4n) is 3.58. The molecule has 1 aromatic carbocycles. The van der Waals surface area contributed by atoms with Crippen LogP contribution in [-0.2, 0) is 6.54 Å². The molecular weight excluding hydrogens is 296 g/mol. The minimum absolute atomic E-state index is 0.563. The van der Waals surface area contributed by atoms with Crippen molar-refractivity contribution in [3.05, 3.63) is 72.3 Å². The van der Waals surface area contributed by atoms with E-state index in [0.717, 1.165) is 19.6 Å². The third-order valence-electron chi connectivity index (χ3n) is 4.88. The summed E-state index contributed by atoms with van der Waals surface area (Å²) in [4.78, 5) is 6.73. The van der Waals surface area contributed by atoms with Gasteiger partial charge in [0.2, 0.25) is 0 Å². The van der Waals surface area contributed by atoms with Gasteiger partial charge in [0.05, 0.1) is 6.20 Å². The fraction of sp³-hybridized carbons (Fsp3) is 0.300. The van der Waals surface area contributed by atoms with Crippen molar-refractivity contribution in [3.63, 3.8) is 0 Å². The van der Waals surface area contributed by atoms with Crippen LogP contribution < -0.4 is 0 Å². The van der Waals surface area contributed by atoms with E-state index in [1.807, 2.05) is 24.7 Å². The zero-order valence-corrected chi connectivity index (χ0v) is 13.7. The van der Waals surface area contributed by atoms with E-state index in [1.54, 1.807) is 0 Å². The minimum atomic E-state index is 0.563. The lowest BCUT2D eigenvalue weighted by atomic mass is 9.89.